The summed E-state index contributed by atoms with van der Waals surface area (Å²) in [7, 11) is 1.65. The molecule has 30 heavy (non-hydrogen) atoms. The molecule has 0 aliphatic carbocycles. The second-order valence-electron chi connectivity index (χ2n) is 7.20. The lowest BCUT2D eigenvalue weighted by atomic mass is 10.1. The van der Waals surface area contributed by atoms with E-state index in [9.17, 15) is 4.79 Å². The highest BCUT2D eigenvalue weighted by Crippen LogP contribution is 2.19. The minimum atomic E-state index is -0.0606. The molecule has 1 atom stereocenters. The van der Waals surface area contributed by atoms with Gasteiger partial charge in [-0.15, -0.1) is 24.0 Å². The lowest BCUT2D eigenvalue weighted by Crippen LogP contribution is -2.44. The molecule has 162 valence electrons. The maximum absolute atomic E-state index is 11.8. The largest absolute Gasteiger partial charge is 0.369 e. The topological polar surface area (TPSA) is 68.8 Å². The van der Waals surface area contributed by atoms with Gasteiger partial charge in [0.25, 0.3) is 5.91 Å². The summed E-state index contributed by atoms with van der Waals surface area (Å²) in [6.45, 7) is 5.60. The zero-order valence-electron chi connectivity index (χ0n) is 17.7. The standard InChI is InChI=1S/C23H31N5O.HI/c1-3-25-23(26-14-12-18-8-7-9-19(16-18)22(29)24-2)27-20-13-15-28(17-20)21-10-5-4-6-11-21;/h4-11,16,20H,3,12-15,17H2,1-2H3,(H,24,29)(H2,25,26,27);1H. The fourth-order valence-electron chi connectivity index (χ4n) is 3.57. The number of hydrogen-bond acceptors (Lipinski definition) is 3. The molecule has 7 heteroatoms. The van der Waals surface area contributed by atoms with Crippen molar-refractivity contribution in [3.05, 3.63) is 65.7 Å². The van der Waals surface area contributed by atoms with E-state index in [1.165, 1.54) is 5.69 Å². The molecule has 0 spiro atoms. The van der Waals surface area contributed by atoms with Crippen LogP contribution in [0.25, 0.3) is 0 Å². The molecule has 6 nitrogen and oxygen atoms in total. The van der Waals surface area contributed by atoms with Crippen LogP contribution in [0.15, 0.2) is 59.6 Å². The van der Waals surface area contributed by atoms with E-state index in [1.807, 2.05) is 24.3 Å². The van der Waals surface area contributed by atoms with Crippen molar-refractivity contribution >= 4 is 41.5 Å². The number of guanidine groups is 1. The Hall–Kier alpha value is -2.29. The van der Waals surface area contributed by atoms with Crippen molar-refractivity contribution in [3.8, 4) is 0 Å². The van der Waals surface area contributed by atoms with E-state index in [4.69, 9.17) is 4.99 Å². The lowest BCUT2D eigenvalue weighted by Gasteiger charge is -2.20. The van der Waals surface area contributed by atoms with Crippen molar-refractivity contribution in [1.82, 2.24) is 16.0 Å². The molecule has 1 amide bonds. The van der Waals surface area contributed by atoms with Gasteiger partial charge in [0, 0.05) is 50.5 Å². The molecule has 0 radical (unpaired) electrons. The summed E-state index contributed by atoms with van der Waals surface area (Å²) < 4.78 is 0. The summed E-state index contributed by atoms with van der Waals surface area (Å²) >= 11 is 0. The molecule has 2 aromatic rings. The summed E-state index contributed by atoms with van der Waals surface area (Å²) in [6, 6.07) is 18.6. The first-order valence-corrected chi connectivity index (χ1v) is 10.4. The van der Waals surface area contributed by atoms with Crippen LogP contribution in [0.1, 0.15) is 29.3 Å². The van der Waals surface area contributed by atoms with E-state index >= 15 is 0 Å². The summed E-state index contributed by atoms with van der Waals surface area (Å²) in [5.74, 6) is 0.796. The molecule has 0 bridgehead atoms. The van der Waals surface area contributed by atoms with Crippen LogP contribution in [0.3, 0.4) is 0 Å². The third-order valence-corrected chi connectivity index (χ3v) is 5.08. The monoisotopic (exact) mass is 521 g/mol. The van der Waals surface area contributed by atoms with Gasteiger partial charge >= 0.3 is 0 Å². The molecule has 0 saturated carbocycles. The zero-order valence-corrected chi connectivity index (χ0v) is 20.1. The number of nitrogens with zero attached hydrogens (tertiary/aromatic N) is 2. The van der Waals surface area contributed by atoms with Crippen LogP contribution in [0.2, 0.25) is 0 Å². The lowest BCUT2D eigenvalue weighted by molar-refractivity contribution is 0.0963. The van der Waals surface area contributed by atoms with Gasteiger partial charge in [-0.2, -0.15) is 0 Å². The maximum atomic E-state index is 11.8. The highest BCUT2D eigenvalue weighted by atomic mass is 127. The number of hydrogen-bond donors (Lipinski definition) is 3. The first-order valence-electron chi connectivity index (χ1n) is 10.4. The minimum Gasteiger partial charge on any atom is -0.369 e. The second-order valence-corrected chi connectivity index (χ2v) is 7.20. The number of carbonyl (C=O) groups excluding carboxylic acids is 1. The average Bonchev–Trinajstić information content (AvgIpc) is 3.22. The van der Waals surface area contributed by atoms with Gasteiger partial charge in [0.2, 0.25) is 0 Å². The number of amides is 1. The Morgan fingerprint density at radius 1 is 1.17 bits per heavy atom. The summed E-state index contributed by atoms with van der Waals surface area (Å²) in [6.07, 6.45) is 1.88. The molecule has 1 saturated heterocycles. The molecule has 1 heterocycles. The molecule has 1 aliphatic heterocycles. The van der Waals surface area contributed by atoms with Crippen LogP contribution in [-0.2, 0) is 6.42 Å². The normalized spacial score (nSPS) is 16.0. The van der Waals surface area contributed by atoms with Crippen LogP contribution < -0.4 is 20.9 Å². The summed E-state index contributed by atoms with van der Waals surface area (Å²) in [5, 5.41) is 9.58. The Morgan fingerprint density at radius 3 is 2.70 bits per heavy atom. The summed E-state index contributed by atoms with van der Waals surface area (Å²) in [5.41, 5.74) is 3.07. The van der Waals surface area contributed by atoms with E-state index in [-0.39, 0.29) is 29.9 Å². The van der Waals surface area contributed by atoms with Gasteiger partial charge in [-0.3, -0.25) is 9.79 Å². The van der Waals surface area contributed by atoms with Gasteiger partial charge in [-0.25, -0.2) is 0 Å². The maximum Gasteiger partial charge on any atom is 0.251 e. The predicted molar refractivity (Wildman–Crippen MR) is 135 cm³/mol. The smallest absolute Gasteiger partial charge is 0.251 e. The van der Waals surface area contributed by atoms with E-state index in [0.29, 0.717) is 18.2 Å². The molecule has 1 aliphatic rings. The third-order valence-electron chi connectivity index (χ3n) is 5.08. The van der Waals surface area contributed by atoms with Gasteiger partial charge in [0.15, 0.2) is 5.96 Å². The molecule has 0 aromatic heterocycles. The molecular weight excluding hydrogens is 489 g/mol. The molecule has 2 aromatic carbocycles. The predicted octanol–water partition coefficient (Wildman–Crippen LogP) is 3.04. The Bertz CT molecular complexity index is 827. The van der Waals surface area contributed by atoms with Crippen molar-refractivity contribution in [2.75, 3.05) is 38.1 Å². The number of para-hydroxylation sites is 1. The van der Waals surface area contributed by atoms with E-state index < -0.39 is 0 Å². The van der Waals surface area contributed by atoms with E-state index in [0.717, 1.165) is 44.0 Å². The molecule has 3 N–H and O–H groups in total. The zero-order chi connectivity index (χ0) is 20.5. The molecule has 1 fully saturated rings. The van der Waals surface area contributed by atoms with Crippen molar-refractivity contribution in [2.24, 2.45) is 4.99 Å². The number of rotatable bonds is 7. The van der Waals surface area contributed by atoms with Crippen LogP contribution in [0.5, 0.6) is 0 Å². The highest BCUT2D eigenvalue weighted by Gasteiger charge is 2.23. The van der Waals surface area contributed by atoms with Crippen molar-refractivity contribution in [3.63, 3.8) is 0 Å². The van der Waals surface area contributed by atoms with Gasteiger partial charge in [0.1, 0.15) is 0 Å². The van der Waals surface area contributed by atoms with Gasteiger partial charge < -0.3 is 20.9 Å². The first-order chi connectivity index (χ1) is 14.2. The number of halogens is 1. The van der Waals surface area contributed by atoms with Crippen molar-refractivity contribution in [2.45, 2.75) is 25.8 Å². The molecule has 1 unspecified atom stereocenters. The molecular formula is C23H32IN5O. The third kappa shape index (κ3) is 6.90. The van der Waals surface area contributed by atoms with Gasteiger partial charge in [-0.1, -0.05) is 30.3 Å². The van der Waals surface area contributed by atoms with Gasteiger partial charge in [0.05, 0.1) is 0 Å². The van der Waals surface area contributed by atoms with Crippen LogP contribution in [-0.4, -0.2) is 51.1 Å². The number of benzene rings is 2. The van der Waals surface area contributed by atoms with Crippen LogP contribution in [0.4, 0.5) is 5.69 Å². The average molecular weight is 521 g/mol. The van der Waals surface area contributed by atoms with E-state index in [2.05, 4.69) is 58.1 Å². The van der Waals surface area contributed by atoms with Crippen molar-refractivity contribution in [1.29, 1.82) is 0 Å². The minimum absolute atomic E-state index is 0. The number of nitrogens with one attached hydrogen (secondary N) is 3. The number of aliphatic imine (C=N–C) groups is 1. The Labute approximate surface area is 196 Å². The van der Waals surface area contributed by atoms with Gasteiger partial charge in [-0.05, 0) is 49.6 Å². The van der Waals surface area contributed by atoms with Crippen molar-refractivity contribution < 1.29 is 4.79 Å². The fraction of sp³-hybridized carbons (Fsp3) is 0.391. The number of anilines is 1. The fourth-order valence-corrected chi connectivity index (χ4v) is 3.57. The number of carbonyl (C=O) groups is 1. The second kappa shape index (κ2) is 12.4. The Balaban J connectivity index is 0.00000320. The quantitative estimate of drug-likeness (QED) is 0.298. The highest BCUT2D eigenvalue weighted by molar-refractivity contribution is 14.0. The summed E-state index contributed by atoms with van der Waals surface area (Å²) in [4.78, 5) is 18.9. The van der Waals surface area contributed by atoms with Crippen LogP contribution in [0, 0.1) is 0 Å². The first kappa shape index (κ1) is 24.0. The van der Waals surface area contributed by atoms with Crippen LogP contribution >= 0.6 is 24.0 Å². The SMILES string of the molecule is CCNC(=NCCc1cccc(C(=O)NC)c1)NC1CCN(c2ccccc2)C1.I. The molecule has 3 rings (SSSR count). The Morgan fingerprint density at radius 2 is 1.97 bits per heavy atom. The Kier molecular flexibility index (Phi) is 9.93. The van der Waals surface area contributed by atoms with E-state index in [1.54, 1.807) is 7.05 Å².